The van der Waals surface area contributed by atoms with Crippen molar-refractivity contribution in [3.8, 4) is 21.8 Å². The topological polar surface area (TPSA) is 119 Å². The van der Waals surface area contributed by atoms with Crippen LogP contribution < -0.4 is 4.72 Å². The summed E-state index contributed by atoms with van der Waals surface area (Å²) in [5.74, 6) is 0.257. The van der Waals surface area contributed by atoms with Crippen molar-refractivity contribution in [3.63, 3.8) is 0 Å². The Labute approximate surface area is 206 Å². The quantitative estimate of drug-likeness (QED) is 0.394. The monoisotopic (exact) mass is 546 g/mol. The maximum atomic E-state index is 12.3. The molecule has 1 fully saturated rings. The van der Waals surface area contributed by atoms with E-state index in [2.05, 4.69) is 14.7 Å². The fourth-order valence-corrected chi connectivity index (χ4v) is 6.56. The first-order valence-electron chi connectivity index (χ1n) is 10.0. The minimum absolute atomic E-state index is 0.0614. The smallest absolute Gasteiger partial charge is 0.247 e. The Hall–Kier alpha value is -1.79. The third-order valence-corrected chi connectivity index (χ3v) is 9.00. The number of sulfone groups is 1. The molecule has 13 heteroatoms. The molecule has 0 bridgehead atoms. The first-order chi connectivity index (χ1) is 15.5. The van der Waals surface area contributed by atoms with Gasteiger partial charge >= 0.3 is 0 Å². The highest BCUT2D eigenvalue weighted by Crippen LogP contribution is 2.48. The van der Waals surface area contributed by atoms with Crippen LogP contribution in [0, 0.1) is 0 Å². The van der Waals surface area contributed by atoms with E-state index in [1.54, 1.807) is 19.1 Å². The van der Waals surface area contributed by atoms with Gasteiger partial charge in [-0.05, 0) is 37.5 Å². The molecular weight excluding hydrogens is 527 g/mol. The fourth-order valence-electron chi connectivity index (χ4n) is 3.17. The van der Waals surface area contributed by atoms with Gasteiger partial charge in [-0.2, -0.15) is 0 Å². The summed E-state index contributed by atoms with van der Waals surface area (Å²) in [6.07, 6.45) is 4.88. The summed E-state index contributed by atoms with van der Waals surface area (Å²) in [5.41, 5.74) is 1.42. The average Bonchev–Trinajstić information content (AvgIpc) is 3.48. The average molecular weight is 548 g/mol. The van der Waals surface area contributed by atoms with Crippen LogP contribution in [0.1, 0.15) is 37.1 Å². The predicted molar refractivity (Wildman–Crippen MR) is 131 cm³/mol. The predicted octanol–water partition coefficient (Wildman–Crippen LogP) is 5.01. The molecule has 2 aromatic heterocycles. The molecule has 0 radical (unpaired) electrons. The molecule has 3 aromatic rings. The number of rotatable bonds is 8. The molecule has 1 aromatic carbocycles. The molecule has 8 nitrogen and oxygen atoms in total. The molecule has 1 aliphatic rings. The summed E-state index contributed by atoms with van der Waals surface area (Å²) >= 11 is 14.4. The number of thiazole rings is 1. The lowest BCUT2D eigenvalue weighted by molar-refractivity contribution is 0.592. The van der Waals surface area contributed by atoms with Gasteiger partial charge in [-0.3, -0.25) is 4.72 Å². The minimum atomic E-state index is -3.62. The Morgan fingerprint density at radius 3 is 2.52 bits per heavy atom. The Bertz CT molecular complexity index is 1440. The van der Waals surface area contributed by atoms with E-state index < -0.39 is 19.9 Å². The van der Waals surface area contributed by atoms with Crippen molar-refractivity contribution >= 4 is 60.1 Å². The van der Waals surface area contributed by atoms with Crippen molar-refractivity contribution in [1.82, 2.24) is 15.0 Å². The second kappa shape index (κ2) is 9.10. The molecular formula is C20H20Cl2N4O4S3. The third kappa shape index (κ3) is 5.48. The summed E-state index contributed by atoms with van der Waals surface area (Å²) in [4.78, 5) is 13.5. The second-order valence-electron chi connectivity index (χ2n) is 7.74. The number of halogens is 2. The van der Waals surface area contributed by atoms with E-state index in [9.17, 15) is 16.8 Å². The van der Waals surface area contributed by atoms with Crippen LogP contribution in [0.25, 0.3) is 21.8 Å². The van der Waals surface area contributed by atoms with E-state index in [4.69, 9.17) is 28.2 Å². The molecule has 4 rings (SSSR count). The molecule has 33 heavy (non-hydrogen) atoms. The second-order valence-corrected chi connectivity index (χ2v) is 13.3. The van der Waals surface area contributed by atoms with Crippen molar-refractivity contribution in [2.75, 3.05) is 16.7 Å². The maximum absolute atomic E-state index is 12.3. The van der Waals surface area contributed by atoms with Gasteiger partial charge in [0.2, 0.25) is 25.0 Å². The van der Waals surface area contributed by atoms with Crippen LogP contribution in [0.2, 0.25) is 10.0 Å². The summed E-state index contributed by atoms with van der Waals surface area (Å²) in [7, 11) is -7.22. The highest BCUT2D eigenvalue weighted by molar-refractivity contribution is 7.92. The minimum Gasteiger partial charge on any atom is -0.282 e. The summed E-state index contributed by atoms with van der Waals surface area (Å²) in [5, 5.41) is 1.00. The van der Waals surface area contributed by atoms with Gasteiger partial charge in [0.25, 0.3) is 0 Å². The Morgan fingerprint density at radius 1 is 1.15 bits per heavy atom. The zero-order valence-electron chi connectivity index (χ0n) is 17.7. The van der Waals surface area contributed by atoms with Gasteiger partial charge in [0.05, 0.1) is 37.7 Å². The lowest BCUT2D eigenvalue weighted by atomic mass is 10.1. The standard InChI is InChI=1S/C20H20Cl2N4O4S3/c1-3-8-33(29,30)26-15-10-12(21)9-13(16(15)22)17-18(31-19(25-17)11-4-5-11)14-6-7-23-20(24-14)32(2,27)28/h6-7,9-11,26H,3-5,8H2,1-2H3. The van der Waals surface area contributed by atoms with Crippen LogP contribution in [-0.2, 0) is 19.9 Å². The van der Waals surface area contributed by atoms with Gasteiger partial charge in [0, 0.05) is 29.0 Å². The van der Waals surface area contributed by atoms with Crippen LogP contribution in [0.3, 0.4) is 0 Å². The SMILES string of the molecule is CCCS(=O)(=O)Nc1cc(Cl)cc(-c2nc(C3CC3)sc2-c2ccnc(S(C)(=O)=O)n2)c1Cl. The van der Waals surface area contributed by atoms with Gasteiger partial charge in [-0.25, -0.2) is 31.8 Å². The van der Waals surface area contributed by atoms with Crippen LogP contribution in [-0.4, -0.2) is 43.8 Å². The number of anilines is 1. The van der Waals surface area contributed by atoms with Crippen molar-refractivity contribution in [2.24, 2.45) is 0 Å². The van der Waals surface area contributed by atoms with Crippen LogP contribution in [0.15, 0.2) is 29.6 Å². The number of hydrogen-bond acceptors (Lipinski definition) is 8. The van der Waals surface area contributed by atoms with Crippen LogP contribution in [0.4, 0.5) is 5.69 Å². The molecule has 1 aliphatic carbocycles. The normalized spacial score (nSPS) is 14.4. The molecule has 0 spiro atoms. The van der Waals surface area contributed by atoms with Crippen molar-refractivity contribution in [1.29, 1.82) is 0 Å². The van der Waals surface area contributed by atoms with Crippen molar-refractivity contribution in [2.45, 2.75) is 37.3 Å². The molecule has 0 atom stereocenters. The van der Waals surface area contributed by atoms with E-state index in [0.29, 0.717) is 34.2 Å². The van der Waals surface area contributed by atoms with E-state index in [1.165, 1.54) is 23.6 Å². The maximum Gasteiger partial charge on any atom is 0.247 e. The number of sulfonamides is 1. The molecule has 2 heterocycles. The molecule has 176 valence electrons. The largest absolute Gasteiger partial charge is 0.282 e. The zero-order valence-corrected chi connectivity index (χ0v) is 21.6. The summed E-state index contributed by atoms with van der Waals surface area (Å²) in [6, 6.07) is 4.65. The Morgan fingerprint density at radius 2 is 1.88 bits per heavy atom. The lowest BCUT2D eigenvalue weighted by Crippen LogP contribution is -2.16. The van der Waals surface area contributed by atoms with Gasteiger partial charge < -0.3 is 0 Å². The Kier molecular flexibility index (Phi) is 6.71. The van der Waals surface area contributed by atoms with Crippen molar-refractivity contribution < 1.29 is 16.8 Å². The number of aromatic nitrogens is 3. The van der Waals surface area contributed by atoms with Gasteiger partial charge in [0.1, 0.15) is 0 Å². The number of nitrogens with one attached hydrogen (secondary N) is 1. The molecule has 1 saturated carbocycles. The molecule has 0 saturated heterocycles. The van der Waals surface area contributed by atoms with Gasteiger partial charge in [-0.1, -0.05) is 30.1 Å². The van der Waals surface area contributed by atoms with E-state index in [1.807, 2.05) is 0 Å². The first kappa shape index (κ1) is 24.3. The summed E-state index contributed by atoms with van der Waals surface area (Å²) in [6.45, 7) is 1.76. The fraction of sp³-hybridized carbons (Fsp3) is 0.350. The van der Waals surface area contributed by atoms with Gasteiger partial charge in [-0.15, -0.1) is 11.3 Å². The van der Waals surface area contributed by atoms with Crippen LogP contribution >= 0.6 is 34.5 Å². The van der Waals surface area contributed by atoms with Crippen LogP contribution in [0.5, 0.6) is 0 Å². The van der Waals surface area contributed by atoms with E-state index in [-0.39, 0.29) is 26.6 Å². The Balaban J connectivity index is 1.88. The molecule has 0 unspecified atom stereocenters. The lowest BCUT2D eigenvalue weighted by Gasteiger charge is -2.13. The number of nitrogens with zero attached hydrogens (tertiary/aromatic N) is 3. The number of benzene rings is 1. The third-order valence-electron chi connectivity index (χ3n) is 4.80. The first-order valence-corrected chi connectivity index (χ1v) is 15.1. The molecule has 0 amide bonds. The summed E-state index contributed by atoms with van der Waals surface area (Å²) < 4.78 is 51.1. The number of hydrogen-bond donors (Lipinski definition) is 1. The molecule has 1 N–H and O–H groups in total. The zero-order chi connectivity index (χ0) is 24.0. The van der Waals surface area contributed by atoms with Crippen molar-refractivity contribution in [3.05, 3.63) is 39.4 Å². The highest BCUT2D eigenvalue weighted by atomic mass is 35.5. The van der Waals surface area contributed by atoms with E-state index >= 15 is 0 Å². The molecule has 0 aliphatic heterocycles. The highest BCUT2D eigenvalue weighted by Gasteiger charge is 2.30. The van der Waals surface area contributed by atoms with Gasteiger partial charge in [0.15, 0.2) is 0 Å². The van der Waals surface area contributed by atoms with E-state index in [0.717, 1.165) is 24.1 Å².